The van der Waals surface area contributed by atoms with E-state index in [1.165, 1.54) is 6.07 Å². The summed E-state index contributed by atoms with van der Waals surface area (Å²) in [6.45, 7) is 0. The van der Waals surface area contributed by atoms with Crippen molar-refractivity contribution in [2.45, 2.75) is 0 Å². The molecule has 102 valence electrons. The van der Waals surface area contributed by atoms with Crippen LogP contribution in [0.15, 0.2) is 52.0 Å². The Bertz CT molecular complexity index is 654. The Hall–Kier alpha value is -2.08. The Labute approximate surface area is 122 Å². The van der Waals surface area contributed by atoms with Gasteiger partial charge in [-0.1, -0.05) is 18.2 Å². The van der Waals surface area contributed by atoms with Gasteiger partial charge in [0, 0.05) is 4.47 Å². The highest BCUT2D eigenvalue weighted by Gasteiger charge is 2.08. The molecule has 0 atom stereocenters. The predicted molar refractivity (Wildman–Crippen MR) is 75.6 cm³/mol. The maximum Gasteiger partial charge on any atom is 0.272 e. The first-order valence-electron chi connectivity index (χ1n) is 5.61. The largest absolute Gasteiger partial charge is 0.272 e. The van der Waals surface area contributed by atoms with Gasteiger partial charge >= 0.3 is 0 Å². The monoisotopic (exact) mass is 338 g/mol. The van der Waals surface area contributed by atoms with E-state index in [0.717, 1.165) is 18.3 Å². The zero-order valence-corrected chi connectivity index (χ0v) is 11.7. The smallest absolute Gasteiger partial charge is 0.267 e. The molecule has 0 aromatic heterocycles. The molecule has 1 amide bonds. The highest BCUT2D eigenvalue weighted by Crippen LogP contribution is 2.15. The lowest BCUT2D eigenvalue weighted by molar-refractivity contribution is 0.0954. The molecule has 2 rings (SSSR count). The summed E-state index contributed by atoms with van der Waals surface area (Å²) in [6.07, 6.45) is 0.930. The van der Waals surface area contributed by atoms with Gasteiger partial charge in [-0.3, -0.25) is 4.79 Å². The lowest BCUT2D eigenvalue weighted by atomic mass is 10.2. The minimum absolute atomic E-state index is 0.306. The number of rotatable bonds is 3. The minimum atomic E-state index is -0.746. The summed E-state index contributed by atoms with van der Waals surface area (Å²) in [5.74, 6) is -1.97. The third kappa shape index (κ3) is 3.27. The normalized spacial score (nSPS) is 10.8. The van der Waals surface area contributed by atoms with Crippen LogP contribution in [-0.2, 0) is 0 Å². The van der Waals surface area contributed by atoms with Crippen LogP contribution >= 0.6 is 15.9 Å². The molecule has 3 nitrogen and oxygen atoms in total. The zero-order valence-electron chi connectivity index (χ0n) is 10.1. The fraction of sp³-hybridized carbons (Fsp3) is 0. The maximum atomic E-state index is 13.3. The molecule has 0 saturated carbocycles. The second-order valence-electron chi connectivity index (χ2n) is 3.81. The third-order valence-electron chi connectivity index (χ3n) is 2.48. The second kappa shape index (κ2) is 6.38. The summed E-state index contributed by atoms with van der Waals surface area (Å²) in [7, 11) is 0. The lowest BCUT2D eigenvalue weighted by Crippen LogP contribution is -2.18. The van der Waals surface area contributed by atoms with E-state index in [2.05, 4.69) is 26.5 Å². The molecule has 0 bridgehead atoms. The SMILES string of the molecule is O=C(N/N=C\c1c(F)cccc1F)c1ccccc1Br. The molecule has 2 aromatic carbocycles. The number of hydrogen-bond acceptors (Lipinski definition) is 2. The van der Waals surface area contributed by atoms with Crippen molar-refractivity contribution in [3.63, 3.8) is 0 Å². The van der Waals surface area contributed by atoms with Crippen molar-refractivity contribution in [2.24, 2.45) is 5.10 Å². The molecule has 0 aliphatic carbocycles. The lowest BCUT2D eigenvalue weighted by Gasteiger charge is -2.02. The number of carbonyl (C=O) groups is 1. The summed E-state index contributed by atoms with van der Waals surface area (Å²) in [6, 6.07) is 10.2. The summed E-state index contributed by atoms with van der Waals surface area (Å²) in [4.78, 5) is 11.8. The summed E-state index contributed by atoms with van der Waals surface area (Å²) < 4.78 is 27.2. The highest BCUT2D eigenvalue weighted by molar-refractivity contribution is 9.10. The Morgan fingerprint density at radius 3 is 2.40 bits per heavy atom. The first-order chi connectivity index (χ1) is 9.59. The van der Waals surface area contributed by atoms with Gasteiger partial charge in [-0.2, -0.15) is 5.10 Å². The van der Waals surface area contributed by atoms with Crippen LogP contribution in [0.1, 0.15) is 15.9 Å². The standard InChI is InChI=1S/C14H9BrF2N2O/c15-11-5-2-1-4-9(11)14(20)19-18-8-10-12(16)6-3-7-13(10)17/h1-8H,(H,19,20)/b18-8-. The van der Waals surface area contributed by atoms with E-state index < -0.39 is 17.5 Å². The van der Waals surface area contributed by atoms with E-state index in [9.17, 15) is 13.6 Å². The molecule has 2 aromatic rings. The number of amides is 1. The molecule has 0 radical (unpaired) electrons. The Morgan fingerprint density at radius 1 is 1.10 bits per heavy atom. The fourth-order valence-corrected chi connectivity index (χ4v) is 1.96. The van der Waals surface area contributed by atoms with E-state index in [4.69, 9.17) is 0 Å². The van der Waals surface area contributed by atoms with Crippen molar-refractivity contribution in [2.75, 3.05) is 0 Å². The van der Waals surface area contributed by atoms with Crippen molar-refractivity contribution >= 4 is 28.1 Å². The number of carbonyl (C=O) groups excluding carboxylic acids is 1. The van der Waals surface area contributed by atoms with Gasteiger partial charge in [0.2, 0.25) is 0 Å². The number of benzene rings is 2. The molecule has 0 saturated heterocycles. The number of nitrogens with one attached hydrogen (secondary N) is 1. The van der Waals surface area contributed by atoms with Gasteiger partial charge in [-0.15, -0.1) is 0 Å². The molecular weight excluding hydrogens is 330 g/mol. The topological polar surface area (TPSA) is 41.5 Å². The van der Waals surface area contributed by atoms with E-state index in [1.54, 1.807) is 24.3 Å². The average Bonchev–Trinajstić information content (AvgIpc) is 2.42. The van der Waals surface area contributed by atoms with E-state index in [1.807, 2.05) is 0 Å². The fourth-order valence-electron chi connectivity index (χ4n) is 1.50. The van der Waals surface area contributed by atoms with Crippen molar-refractivity contribution in [3.8, 4) is 0 Å². The third-order valence-corrected chi connectivity index (χ3v) is 3.17. The van der Waals surface area contributed by atoms with Crippen molar-refractivity contribution in [1.82, 2.24) is 5.43 Å². The molecule has 6 heteroatoms. The number of hydrazone groups is 1. The quantitative estimate of drug-likeness (QED) is 0.675. The van der Waals surface area contributed by atoms with Crippen LogP contribution in [0.25, 0.3) is 0 Å². The van der Waals surface area contributed by atoms with Gasteiger partial charge in [0.25, 0.3) is 5.91 Å². The van der Waals surface area contributed by atoms with Crippen LogP contribution in [0.3, 0.4) is 0 Å². The Balaban J connectivity index is 2.11. The van der Waals surface area contributed by atoms with Crippen LogP contribution < -0.4 is 5.43 Å². The van der Waals surface area contributed by atoms with Crippen LogP contribution in [-0.4, -0.2) is 12.1 Å². The van der Waals surface area contributed by atoms with E-state index in [0.29, 0.717) is 10.0 Å². The van der Waals surface area contributed by atoms with Crippen LogP contribution in [0, 0.1) is 11.6 Å². The number of nitrogens with zero attached hydrogens (tertiary/aromatic N) is 1. The molecule has 0 fully saturated rings. The summed E-state index contributed by atoms with van der Waals surface area (Å²) in [5, 5.41) is 3.56. The van der Waals surface area contributed by atoms with Crippen molar-refractivity contribution < 1.29 is 13.6 Å². The van der Waals surface area contributed by atoms with Gasteiger partial charge in [-0.25, -0.2) is 14.2 Å². The molecular formula is C14H9BrF2N2O. The first-order valence-corrected chi connectivity index (χ1v) is 6.41. The molecule has 0 unspecified atom stereocenters. The van der Waals surface area contributed by atoms with Crippen LogP contribution in [0.4, 0.5) is 8.78 Å². The molecule has 20 heavy (non-hydrogen) atoms. The second-order valence-corrected chi connectivity index (χ2v) is 4.67. The summed E-state index contributed by atoms with van der Waals surface area (Å²) in [5.41, 5.74) is 2.28. The Kier molecular flexibility index (Phi) is 4.57. The Morgan fingerprint density at radius 2 is 1.75 bits per heavy atom. The summed E-state index contributed by atoms with van der Waals surface area (Å²) >= 11 is 3.22. The molecule has 1 N–H and O–H groups in total. The van der Waals surface area contributed by atoms with Crippen molar-refractivity contribution in [3.05, 3.63) is 69.7 Å². The number of hydrogen-bond donors (Lipinski definition) is 1. The van der Waals surface area contributed by atoms with Crippen molar-refractivity contribution in [1.29, 1.82) is 0 Å². The predicted octanol–water partition coefficient (Wildman–Crippen LogP) is 3.49. The number of halogens is 3. The first kappa shape index (κ1) is 14.3. The maximum absolute atomic E-state index is 13.3. The van der Waals surface area contributed by atoms with E-state index in [-0.39, 0.29) is 5.56 Å². The minimum Gasteiger partial charge on any atom is -0.267 e. The molecule has 0 spiro atoms. The van der Waals surface area contributed by atoms with E-state index >= 15 is 0 Å². The van der Waals surface area contributed by atoms with Gasteiger partial charge in [-0.05, 0) is 40.2 Å². The molecule has 0 heterocycles. The molecule has 0 aliphatic heterocycles. The van der Waals surface area contributed by atoms with Gasteiger partial charge in [0.1, 0.15) is 11.6 Å². The van der Waals surface area contributed by atoms with Gasteiger partial charge in [0.15, 0.2) is 0 Å². The van der Waals surface area contributed by atoms with Gasteiger partial charge < -0.3 is 0 Å². The highest BCUT2D eigenvalue weighted by atomic mass is 79.9. The zero-order chi connectivity index (χ0) is 14.5. The van der Waals surface area contributed by atoms with Crippen LogP contribution in [0.2, 0.25) is 0 Å². The molecule has 0 aliphatic rings. The average molecular weight is 339 g/mol. The van der Waals surface area contributed by atoms with Gasteiger partial charge in [0.05, 0.1) is 17.3 Å². The van der Waals surface area contributed by atoms with Crippen LogP contribution in [0.5, 0.6) is 0 Å².